The average Bonchev–Trinajstić information content (AvgIpc) is 3.20. The number of benzene rings is 3. The van der Waals surface area contributed by atoms with E-state index in [4.69, 9.17) is 4.52 Å². The van der Waals surface area contributed by atoms with Gasteiger partial charge in [0.1, 0.15) is 5.82 Å². The van der Waals surface area contributed by atoms with Gasteiger partial charge in [-0.1, -0.05) is 48.5 Å². The first kappa shape index (κ1) is 23.4. The molecule has 1 aromatic heterocycles. The van der Waals surface area contributed by atoms with Crippen molar-refractivity contribution in [2.24, 2.45) is 0 Å². The van der Waals surface area contributed by atoms with E-state index in [1.807, 2.05) is 55.5 Å². The van der Waals surface area contributed by atoms with Crippen molar-refractivity contribution in [3.8, 4) is 16.8 Å². The Morgan fingerprint density at radius 2 is 1.88 bits per heavy atom. The van der Waals surface area contributed by atoms with Crippen LogP contribution in [0.1, 0.15) is 24.7 Å². The van der Waals surface area contributed by atoms with Gasteiger partial charge in [0.2, 0.25) is 0 Å². The molecule has 3 aromatic carbocycles. The van der Waals surface area contributed by atoms with Crippen molar-refractivity contribution >= 4 is 27.6 Å². The molecule has 0 atom stereocenters. The Balaban J connectivity index is 1.52. The van der Waals surface area contributed by atoms with Crippen LogP contribution in [0.3, 0.4) is 0 Å². The second-order valence-corrected chi connectivity index (χ2v) is 8.49. The van der Waals surface area contributed by atoms with Gasteiger partial charge in [0.05, 0.1) is 10.2 Å². The highest BCUT2D eigenvalue weighted by atomic mass is 79.9. The lowest BCUT2D eigenvalue weighted by molar-refractivity contribution is 0.252. The summed E-state index contributed by atoms with van der Waals surface area (Å²) in [5.74, 6) is -0.663. The maximum atomic E-state index is 13.6. The van der Waals surface area contributed by atoms with Gasteiger partial charge in [0, 0.05) is 18.7 Å². The minimum absolute atomic E-state index is 0.235. The van der Waals surface area contributed by atoms with Crippen molar-refractivity contribution in [2.45, 2.75) is 19.8 Å². The number of hydrogen-bond donors (Lipinski definition) is 2. The standard InChI is InChI=1S/C25H22BrFN4O3/c1-2-12-28-24(32)29-19-5-3-4-18(14-19)17-8-6-16(7-9-17)13-23-30-34-25(33)31(23)20-10-11-22(27)21(26)15-20/h3-11,14-15H,2,12-13H2,1H3,(H2,28,29,32). The fourth-order valence-electron chi connectivity index (χ4n) is 3.46. The Hall–Kier alpha value is -3.72. The van der Waals surface area contributed by atoms with Crippen molar-refractivity contribution in [3.05, 3.63) is 99.0 Å². The Kier molecular flexibility index (Phi) is 7.22. The summed E-state index contributed by atoms with van der Waals surface area (Å²) in [7, 11) is 0. The lowest BCUT2D eigenvalue weighted by Gasteiger charge is -2.09. The van der Waals surface area contributed by atoms with Crippen molar-refractivity contribution in [2.75, 3.05) is 11.9 Å². The third kappa shape index (κ3) is 5.43. The smallest absolute Gasteiger partial charge is 0.338 e. The Labute approximate surface area is 203 Å². The quantitative estimate of drug-likeness (QED) is 0.333. The van der Waals surface area contributed by atoms with Gasteiger partial charge in [0.15, 0.2) is 5.82 Å². The van der Waals surface area contributed by atoms with Crippen LogP contribution >= 0.6 is 15.9 Å². The highest BCUT2D eigenvalue weighted by Crippen LogP contribution is 2.24. The summed E-state index contributed by atoms with van der Waals surface area (Å²) >= 11 is 3.14. The van der Waals surface area contributed by atoms with Crippen LogP contribution in [0.25, 0.3) is 16.8 Å². The lowest BCUT2D eigenvalue weighted by atomic mass is 10.0. The van der Waals surface area contributed by atoms with E-state index >= 15 is 0 Å². The first-order chi connectivity index (χ1) is 16.4. The molecule has 0 fully saturated rings. The molecule has 0 aliphatic heterocycles. The summed E-state index contributed by atoms with van der Waals surface area (Å²) < 4.78 is 20.0. The number of nitrogens with one attached hydrogen (secondary N) is 2. The first-order valence-electron chi connectivity index (χ1n) is 10.7. The van der Waals surface area contributed by atoms with Crippen LogP contribution in [0, 0.1) is 5.82 Å². The van der Waals surface area contributed by atoms with E-state index in [0.717, 1.165) is 23.1 Å². The highest BCUT2D eigenvalue weighted by Gasteiger charge is 2.15. The molecular formula is C25H22BrFN4O3. The molecule has 0 aliphatic rings. The largest absolute Gasteiger partial charge is 0.446 e. The molecule has 34 heavy (non-hydrogen) atoms. The van der Waals surface area contributed by atoms with Crippen molar-refractivity contribution in [3.63, 3.8) is 0 Å². The number of hydrogen-bond acceptors (Lipinski definition) is 4. The molecule has 4 aromatic rings. The predicted molar refractivity (Wildman–Crippen MR) is 132 cm³/mol. The summed E-state index contributed by atoms with van der Waals surface area (Å²) in [5, 5.41) is 9.52. The van der Waals surface area contributed by atoms with Gasteiger partial charge in [-0.2, -0.15) is 0 Å². The van der Waals surface area contributed by atoms with E-state index in [1.165, 1.54) is 22.8 Å². The van der Waals surface area contributed by atoms with Crippen LogP contribution in [-0.2, 0) is 6.42 Å². The second-order valence-electron chi connectivity index (χ2n) is 7.63. The molecule has 0 bridgehead atoms. The zero-order chi connectivity index (χ0) is 24.1. The zero-order valence-electron chi connectivity index (χ0n) is 18.3. The van der Waals surface area contributed by atoms with E-state index in [-0.39, 0.29) is 10.5 Å². The third-order valence-electron chi connectivity index (χ3n) is 5.14. The van der Waals surface area contributed by atoms with Crippen LogP contribution in [0.15, 0.2) is 80.5 Å². The molecule has 0 spiro atoms. The van der Waals surface area contributed by atoms with Gasteiger partial charge in [-0.05, 0) is 69.4 Å². The number of rotatable bonds is 7. The number of aromatic nitrogens is 2. The molecule has 0 saturated heterocycles. The van der Waals surface area contributed by atoms with Crippen molar-refractivity contribution < 1.29 is 13.7 Å². The minimum Gasteiger partial charge on any atom is -0.338 e. The van der Waals surface area contributed by atoms with Crippen LogP contribution in [-0.4, -0.2) is 22.3 Å². The molecule has 2 amide bonds. The van der Waals surface area contributed by atoms with Crippen LogP contribution in [0.5, 0.6) is 0 Å². The highest BCUT2D eigenvalue weighted by molar-refractivity contribution is 9.10. The third-order valence-corrected chi connectivity index (χ3v) is 5.74. The Morgan fingerprint density at radius 1 is 1.09 bits per heavy atom. The van der Waals surface area contributed by atoms with Crippen LogP contribution in [0.4, 0.5) is 14.9 Å². The molecule has 7 nitrogen and oxygen atoms in total. The maximum absolute atomic E-state index is 13.6. The molecule has 0 unspecified atom stereocenters. The van der Waals surface area contributed by atoms with Crippen molar-refractivity contribution in [1.82, 2.24) is 15.0 Å². The number of anilines is 1. The molecular weight excluding hydrogens is 503 g/mol. The van der Waals surface area contributed by atoms with Crippen molar-refractivity contribution in [1.29, 1.82) is 0 Å². The number of halogens is 2. The van der Waals surface area contributed by atoms with E-state index < -0.39 is 11.6 Å². The summed E-state index contributed by atoms with van der Waals surface area (Å²) in [6.45, 7) is 2.61. The molecule has 4 rings (SSSR count). The molecule has 174 valence electrons. The number of urea groups is 1. The lowest BCUT2D eigenvalue weighted by Crippen LogP contribution is -2.29. The minimum atomic E-state index is -0.641. The normalized spacial score (nSPS) is 10.8. The fraction of sp³-hybridized carbons (Fsp3) is 0.160. The first-order valence-corrected chi connectivity index (χ1v) is 11.5. The van der Waals surface area contributed by atoms with E-state index in [0.29, 0.717) is 30.2 Å². The number of carbonyl (C=O) groups is 1. The van der Waals surface area contributed by atoms with Gasteiger partial charge in [-0.15, -0.1) is 0 Å². The second kappa shape index (κ2) is 10.5. The van der Waals surface area contributed by atoms with E-state index in [1.54, 1.807) is 0 Å². The van der Waals surface area contributed by atoms with Gasteiger partial charge in [-0.25, -0.2) is 18.5 Å². The summed E-state index contributed by atoms with van der Waals surface area (Å²) in [6.07, 6.45) is 1.21. The van der Waals surface area contributed by atoms with Crippen LogP contribution in [0.2, 0.25) is 0 Å². The molecule has 0 saturated carbocycles. The molecule has 9 heteroatoms. The number of nitrogens with zero attached hydrogens (tertiary/aromatic N) is 2. The summed E-state index contributed by atoms with van der Waals surface area (Å²) in [6, 6.07) is 19.4. The molecule has 0 aliphatic carbocycles. The topological polar surface area (TPSA) is 89.2 Å². The van der Waals surface area contributed by atoms with E-state index in [9.17, 15) is 14.0 Å². The van der Waals surface area contributed by atoms with E-state index in [2.05, 4.69) is 31.7 Å². The molecule has 2 N–H and O–H groups in total. The maximum Gasteiger partial charge on any atom is 0.446 e. The zero-order valence-corrected chi connectivity index (χ0v) is 19.9. The summed E-state index contributed by atoms with van der Waals surface area (Å²) in [5.41, 5.74) is 4.00. The SMILES string of the molecule is CCCNC(=O)Nc1cccc(-c2ccc(Cc3noc(=O)n3-c3ccc(F)c(Br)c3)cc2)c1. The fourth-order valence-corrected chi connectivity index (χ4v) is 3.82. The number of carbonyl (C=O) groups excluding carboxylic acids is 1. The predicted octanol–water partition coefficient (Wildman–Crippen LogP) is 5.52. The number of amides is 2. The molecule has 0 radical (unpaired) electrons. The average molecular weight is 525 g/mol. The van der Waals surface area contributed by atoms with Gasteiger partial charge >= 0.3 is 11.8 Å². The van der Waals surface area contributed by atoms with Crippen LogP contribution < -0.4 is 16.4 Å². The Morgan fingerprint density at radius 3 is 2.62 bits per heavy atom. The summed E-state index contributed by atoms with van der Waals surface area (Å²) in [4.78, 5) is 24.1. The van der Waals surface area contributed by atoms with Gasteiger partial charge < -0.3 is 10.6 Å². The molecule has 1 heterocycles. The monoisotopic (exact) mass is 524 g/mol. The Bertz CT molecular complexity index is 1370. The van der Waals surface area contributed by atoms with Gasteiger partial charge in [0.25, 0.3) is 0 Å². The van der Waals surface area contributed by atoms with Gasteiger partial charge in [-0.3, -0.25) is 4.52 Å².